The predicted octanol–water partition coefficient (Wildman–Crippen LogP) is -0.352. The molecule has 14 heavy (non-hydrogen) atoms. The van der Waals surface area contributed by atoms with E-state index in [1.807, 2.05) is 6.92 Å². The smallest absolute Gasteiger partial charge is 0.243 e. The molecule has 76 valence electrons. The highest BCUT2D eigenvalue weighted by molar-refractivity contribution is 5.94. The highest BCUT2D eigenvalue weighted by atomic mass is 16.3. The van der Waals surface area contributed by atoms with E-state index < -0.39 is 11.9 Å². The van der Waals surface area contributed by atoms with Gasteiger partial charge in [0.1, 0.15) is 6.04 Å². The van der Waals surface area contributed by atoms with Gasteiger partial charge in [0.2, 0.25) is 5.91 Å². The summed E-state index contributed by atoms with van der Waals surface area (Å²) in [7, 11) is 0. The molecule has 0 radical (unpaired) electrons. The molecule has 1 aromatic heterocycles. The Morgan fingerprint density at radius 1 is 1.71 bits per heavy atom. The number of aryl methyl sites for hydroxylation is 1. The fourth-order valence-corrected chi connectivity index (χ4v) is 0.860. The van der Waals surface area contributed by atoms with Crippen LogP contribution in [0.4, 0.5) is 5.69 Å². The Hall–Kier alpha value is -1.46. The van der Waals surface area contributed by atoms with Crippen molar-refractivity contribution in [2.45, 2.75) is 13.0 Å². The molecule has 0 saturated carbocycles. The van der Waals surface area contributed by atoms with Gasteiger partial charge in [0.25, 0.3) is 0 Å². The number of anilines is 1. The molecule has 0 saturated heterocycles. The lowest BCUT2D eigenvalue weighted by molar-refractivity contribution is -0.118. The molecular formula is C9H13N3O2. The molecule has 0 aliphatic carbocycles. The number of aliphatic hydroxyl groups is 1. The van der Waals surface area contributed by atoms with Crippen molar-refractivity contribution in [3.05, 3.63) is 24.0 Å². The minimum atomic E-state index is -0.892. The number of aromatic nitrogens is 1. The minimum absolute atomic E-state index is 0.370. The van der Waals surface area contributed by atoms with Gasteiger partial charge in [-0.05, 0) is 19.1 Å². The molecular weight excluding hydrogens is 182 g/mol. The number of nitrogens with one attached hydrogen (secondary N) is 1. The normalized spacial score (nSPS) is 12.2. The number of amides is 1. The number of rotatable bonds is 3. The molecule has 1 rings (SSSR count). The molecule has 1 heterocycles. The molecule has 5 heteroatoms. The van der Waals surface area contributed by atoms with E-state index in [9.17, 15) is 4.79 Å². The van der Waals surface area contributed by atoms with Crippen LogP contribution in [-0.2, 0) is 4.79 Å². The third kappa shape index (κ3) is 2.79. The molecule has 0 fully saturated rings. The van der Waals surface area contributed by atoms with Crippen molar-refractivity contribution in [1.29, 1.82) is 0 Å². The summed E-state index contributed by atoms with van der Waals surface area (Å²) in [6.45, 7) is 1.48. The van der Waals surface area contributed by atoms with Crippen LogP contribution >= 0.6 is 0 Å². The van der Waals surface area contributed by atoms with E-state index in [1.165, 1.54) is 6.20 Å². The van der Waals surface area contributed by atoms with Crippen molar-refractivity contribution in [3.8, 4) is 0 Å². The standard InChI is InChI=1S/C9H13N3O2/c1-6-2-3-7(4-11-6)12-9(14)8(10)5-13/h2-4,8,13H,5,10H2,1H3,(H,12,14)/t8-/m0/s1. The van der Waals surface area contributed by atoms with Gasteiger partial charge in [-0.3, -0.25) is 9.78 Å². The number of nitrogens with two attached hydrogens (primary N) is 1. The zero-order valence-electron chi connectivity index (χ0n) is 7.90. The van der Waals surface area contributed by atoms with Gasteiger partial charge in [-0.2, -0.15) is 0 Å². The number of carbonyl (C=O) groups excluding carboxylic acids is 1. The highest BCUT2D eigenvalue weighted by Crippen LogP contribution is 2.05. The Kier molecular flexibility index (Phi) is 3.55. The van der Waals surface area contributed by atoms with Crippen molar-refractivity contribution in [2.75, 3.05) is 11.9 Å². The number of hydrogen-bond acceptors (Lipinski definition) is 4. The van der Waals surface area contributed by atoms with Gasteiger partial charge in [0, 0.05) is 5.69 Å². The lowest BCUT2D eigenvalue weighted by atomic mass is 10.3. The number of aliphatic hydroxyl groups excluding tert-OH is 1. The maximum absolute atomic E-state index is 11.2. The predicted molar refractivity (Wildman–Crippen MR) is 52.7 cm³/mol. The first-order valence-corrected chi connectivity index (χ1v) is 4.23. The van der Waals surface area contributed by atoms with Crippen LogP contribution < -0.4 is 11.1 Å². The second-order valence-corrected chi connectivity index (χ2v) is 2.97. The fraction of sp³-hybridized carbons (Fsp3) is 0.333. The molecule has 0 aromatic carbocycles. The van der Waals surface area contributed by atoms with Gasteiger partial charge in [-0.25, -0.2) is 0 Å². The summed E-state index contributed by atoms with van der Waals surface area (Å²) in [6, 6.07) is 2.61. The van der Waals surface area contributed by atoms with E-state index >= 15 is 0 Å². The lowest BCUT2D eigenvalue weighted by Gasteiger charge is -2.08. The summed E-state index contributed by atoms with van der Waals surface area (Å²) in [5.41, 5.74) is 6.76. The fourth-order valence-electron chi connectivity index (χ4n) is 0.860. The Morgan fingerprint density at radius 3 is 2.93 bits per heavy atom. The Morgan fingerprint density at radius 2 is 2.43 bits per heavy atom. The van der Waals surface area contributed by atoms with Crippen molar-refractivity contribution < 1.29 is 9.90 Å². The van der Waals surface area contributed by atoms with Crippen molar-refractivity contribution in [2.24, 2.45) is 5.73 Å². The van der Waals surface area contributed by atoms with Crippen LogP contribution in [0.1, 0.15) is 5.69 Å². The lowest BCUT2D eigenvalue weighted by Crippen LogP contribution is -2.38. The summed E-state index contributed by atoms with van der Waals surface area (Å²) in [6.07, 6.45) is 1.54. The largest absolute Gasteiger partial charge is 0.394 e. The number of pyridine rings is 1. The van der Waals surface area contributed by atoms with Crippen LogP contribution in [0, 0.1) is 6.92 Å². The zero-order valence-corrected chi connectivity index (χ0v) is 7.90. The maximum Gasteiger partial charge on any atom is 0.243 e. The molecule has 5 nitrogen and oxygen atoms in total. The summed E-state index contributed by atoms with van der Waals surface area (Å²) >= 11 is 0. The van der Waals surface area contributed by atoms with Gasteiger partial charge in [0.05, 0.1) is 18.5 Å². The quantitative estimate of drug-likeness (QED) is 0.615. The van der Waals surface area contributed by atoms with E-state index in [1.54, 1.807) is 12.1 Å². The van der Waals surface area contributed by atoms with Gasteiger partial charge in [-0.1, -0.05) is 0 Å². The molecule has 0 aliphatic rings. The monoisotopic (exact) mass is 195 g/mol. The van der Waals surface area contributed by atoms with Crippen LogP contribution in [-0.4, -0.2) is 28.6 Å². The van der Waals surface area contributed by atoms with Gasteiger partial charge < -0.3 is 16.2 Å². The van der Waals surface area contributed by atoms with Crippen molar-refractivity contribution in [1.82, 2.24) is 4.98 Å². The first-order chi connectivity index (χ1) is 6.63. The first-order valence-electron chi connectivity index (χ1n) is 4.23. The molecule has 1 atom stereocenters. The van der Waals surface area contributed by atoms with Crippen molar-refractivity contribution in [3.63, 3.8) is 0 Å². The van der Waals surface area contributed by atoms with Crippen LogP contribution in [0.5, 0.6) is 0 Å². The number of hydrogen-bond donors (Lipinski definition) is 3. The topological polar surface area (TPSA) is 88.2 Å². The van der Waals surface area contributed by atoms with E-state index in [-0.39, 0.29) is 6.61 Å². The Labute approximate surface area is 82.0 Å². The Balaban J connectivity index is 2.60. The van der Waals surface area contributed by atoms with Crippen LogP contribution in [0.2, 0.25) is 0 Å². The number of nitrogens with zero attached hydrogens (tertiary/aromatic N) is 1. The second kappa shape index (κ2) is 4.69. The maximum atomic E-state index is 11.2. The van der Waals surface area contributed by atoms with Crippen LogP contribution in [0.25, 0.3) is 0 Å². The van der Waals surface area contributed by atoms with Gasteiger partial charge in [0.15, 0.2) is 0 Å². The average molecular weight is 195 g/mol. The van der Waals surface area contributed by atoms with E-state index in [4.69, 9.17) is 10.8 Å². The van der Waals surface area contributed by atoms with Gasteiger partial charge in [-0.15, -0.1) is 0 Å². The zero-order chi connectivity index (χ0) is 10.6. The summed E-state index contributed by atoms with van der Waals surface area (Å²) < 4.78 is 0. The molecule has 1 amide bonds. The van der Waals surface area contributed by atoms with E-state index in [2.05, 4.69) is 10.3 Å². The van der Waals surface area contributed by atoms with Gasteiger partial charge >= 0.3 is 0 Å². The summed E-state index contributed by atoms with van der Waals surface area (Å²) in [4.78, 5) is 15.2. The summed E-state index contributed by atoms with van der Waals surface area (Å²) in [5.74, 6) is -0.418. The van der Waals surface area contributed by atoms with Crippen molar-refractivity contribution >= 4 is 11.6 Å². The molecule has 1 aromatic rings. The first kappa shape index (κ1) is 10.6. The summed E-state index contributed by atoms with van der Waals surface area (Å²) in [5, 5.41) is 11.2. The third-order valence-corrected chi connectivity index (χ3v) is 1.71. The van der Waals surface area contributed by atoms with E-state index in [0.29, 0.717) is 5.69 Å². The molecule has 4 N–H and O–H groups in total. The molecule has 0 unspecified atom stereocenters. The SMILES string of the molecule is Cc1ccc(NC(=O)[C@@H](N)CO)cn1. The minimum Gasteiger partial charge on any atom is -0.394 e. The second-order valence-electron chi connectivity index (χ2n) is 2.97. The van der Waals surface area contributed by atoms with Crippen LogP contribution in [0.15, 0.2) is 18.3 Å². The molecule has 0 aliphatic heterocycles. The van der Waals surface area contributed by atoms with Crippen LogP contribution in [0.3, 0.4) is 0 Å². The Bertz CT molecular complexity index is 310. The van der Waals surface area contributed by atoms with E-state index in [0.717, 1.165) is 5.69 Å². The molecule has 0 bridgehead atoms. The number of carbonyl (C=O) groups is 1. The third-order valence-electron chi connectivity index (χ3n) is 1.71. The average Bonchev–Trinajstić information content (AvgIpc) is 2.20. The molecule has 0 spiro atoms. The highest BCUT2D eigenvalue weighted by Gasteiger charge is 2.11.